The maximum Gasteiger partial charge on any atom is 0.229 e. The van der Waals surface area contributed by atoms with E-state index in [0.717, 1.165) is 83.1 Å². The second-order valence-corrected chi connectivity index (χ2v) is 10.7. The lowest BCUT2D eigenvalue weighted by molar-refractivity contribution is 0.122. The molecule has 2 aromatic heterocycles. The quantitative estimate of drug-likeness (QED) is 0.234. The summed E-state index contributed by atoms with van der Waals surface area (Å²) >= 11 is 0. The van der Waals surface area contributed by atoms with Crippen LogP contribution in [-0.2, 0) is 9.47 Å². The summed E-state index contributed by atoms with van der Waals surface area (Å²) in [5, 5.41) is 13.9. The molecule has 2 saturated heterocycles. The number of hydrogen-bond acceptors (Lipinski definition) is 12. The van der Waals surface area contributed by atoms with E-state index in [2.05, 4.69) is 65.3 Å². The average Bonchev–Trinajstić information content (AvgIpc) is 3.01. The first-order chi connectivity index (χ1) is 20.6. The minimum absolute atomic E-state index is 0.503. The Labute approximate surface area is 244 Å². The molecule has 0 spiro atoms. The zero-order valence-electron chi connectivity index (χ0n) is 23.8. The number of benzene rings is 2. The Morgan fingerprint density at radius 2 is 0.929 bits per heavy atom. The highest BCUT2D eigenvalue weighted by atomic mass is 16.5. The van der Waals surface area contributed by atoms with Gasteiger partial charge in [0.15, 0.2) is 0 Å². The Morgan fingerprint density at radius 3 is 1.33 bits per heavy atom. The van der Waals surface area contributed by atoms with Crippen molar-refractivity contribution in [2.45, 2.75) is 13.8 Å². The van der Waals surface area contributed by atoms with Crippen molar-refractivity contribution < 1.29 is 9.47 Å². The van der Waals surface area contributed by atoms with Gasteiger partial charge in [-0.25, -0.2) is 9.97 Å². The van der Waals surface area contributed by atoms with Crippen LogP contribution >= 0.6 is 0 Å². The molecule has 0 unspecified atom stereocenters. The highest BCUT2D eigenvalue weighted by molar-refractivity contribution is 5.77. The molecule has 2 aromatic carbocycles. The van der Waals surface area contributed by atoms with Crippen LogP contribution in [0.4, 0.5) is 57.7 Å². The van der Waals surface area contributed by atoms with Gasteiger partial charge < -0.3 is 40.5 Å². The first kappa shape index (κ1) is 26.2. The van der Waals surface area contributed by atoms with Crippen LogP contribution < -0.4 is 31.1 Å². The fourth-order valence-corrected chi connectivity index (χ4v) is 5.31. The molecule has 8 bridgehead atoms. The molecular weight excluding hydrogens is 532 g/mol. The zero-order valence-corrected chi connectivity index (χ0v) is 23.8. The van der Waals surface area contributed by atoms with E-state index in [0.29, 0.717) is 38.3 Å². The van der Waals surface area contributed by atoms with Gasteiger partial charge in [0.25, 0.3) is 0 Å². The predicted octanol–water partition coefficient (Wildman–Crippen LogP) is 4.84. The molecule has 0 atom stereocenters. The highest BCUT2D eigenvalue weighted by Gasteiger charge is 2.17. The second kappa shape index (κ2) is 11.3. The van der Waals surface area contributed by atoms with Crippen LogP contribution in [0.2, 0.25) is 0 Å². The summed E-state index contributed by atoms with van der Waals surface area (Å²) in [7, 11) is 0. The van der Waals surface area contributed by atoms with Crippen molar-refractivity contribution in [3.8, 4) is 0 Å². The molecule has 0 aliphatic carbocycles. The molecule has 12 nitrogen and oxygen atoms in total. The summed E-state index contributed by atoms with van der Waals surface area (Å²) in [6.07, 6.45) is 3.66. The minimum atomic E-state index is 0.503. The summed E-state index contributed by atoms with van der Waals surface area (Å²) in [5.74, 6) is 2.45. The summed E-state index contributed by atoms with van der Waals surface area (Å²) < 4.78 is 11.2. The van der Waals surface area contributed by atoms with Gasteiger partial charge in [-0.2, -0.15) is 9.97 Å². The van der Waals surface area contributed by atoms with Crippen molar-refractivity contribution in [1.82, 2.24) is 19.9 Å². The lowest BCUT2D eigenvalue weighted by atomic mass is 10.2. The van der Waals surface area contributed by atoms with Gasteiger partial charge in [-0.15, -0.1) is 0 Å². The van der Waals surface area contributed by atoms with E-state index < -0.39 is 0 Å². The fourth-order valence-electron chi connectivity index (χ4n) is 5.31. The van der Waals surface area contributed by atoms with Crippen LogP contribution in [0.25, 0.3) is 0 Å². The molecule has 0 radical (unpaired) electrons. The van der Waals surface area contributed by atoms with Crippen molar-refractivity contribution in [3.63, 3.8) is 0 Å². The Bertz CT molecular complexity index is 1480. The van der Waals surface area contributed by atoms with Crippen molar-refractivity contribution in [3.05, 3.63) is 59.9 Å². The Kier molecular flexibility index (Phi) is 7.06. The number of rotatable bonds is 2. The number of aryl methyl sites for hydroxylation is 2. The predicted molar refractivity (Wildman–Crippen MR) is 166 cm³/mol. The summed E-state index contributed by atoms with van der Waals surface area (Å²) in [6.45, 7) is 10.1. The Balaban J connectivity index is 1.33. The topological polar surface area (TPSA) is 125 Å². The van der Waals surface area contributed by atoms with Crippen LogP contribution in [0, 0.1) is 13.8 Å². The number of nitrogens with one attached hydrogen (secondary N) is 4. The molecule has 3 aliphatic rings. The molecule has 3 aliphatic heterocycles. The highest BCUT2D eigenvalue weighted by Crippen LogP contribution is 2.33. The van der Waals surface area contributed by atoms with E-state index >= 15 is 0 Å². The van der Waals surface area contributed by atoms with Crippen molar-refractivity contribution in [2.75, 3.05) is 83.7 Å². The maximum atomic E-state index is 5.59. The van der Waals surface area contributed by atoms with Crippen LogP contribution in [0.5, 0.6) is 0 Å². The number of morpholine rings is 2. The largest absolute Gasteiger partial charge is 0.378 e. The number of fused-ring (bicyclic) bond motifs is 8. The van der Waals surface area contributed by atoms with Gasteiger partial charge >= 0.3 is 0 Å². The normalized spacial score (nSPS) is 16.5. The van der Waals surface area contributed by atoms with E-state index in [1.165, 1.54) is 0 Å². The minimum Gasteiger partial charge on any atom is -0.378 e. The number of anilines is 10. The lowest BCUT2D eigenvalue weighted by Gasteiger charge is -2.30. The van der Waals surface area contributed by atoms with E-state index in [9.17, 15) is 0 Å². The van der Waals surface area contributed by atoms with Crippen LogP contribution in [0.1, 0.15) is 11.1 Å². The van der Waals surface area contributed by atoms with Gasteiger partial charge in [0, 0.05) is 83.8 Å². The number of aromatic nitrogens is 4. The fraction of sp³-hybridized carbons (Fsp3) is 0.333. The third-order valence-corrected chi connectivity index (χ3v) is 7.57. The average molecular weight is 567 g/mol. The molecule has 42 heavy (non-hydrogen) atoms. The third-order valence-electron chi connectivity index (χ3n) is 7.57. The molecule has 0 saturated carbocycles. The Morgan fingerprint density at radius 1 is 0.548 bits per heavy atom. The van der Waals surface area contributed by atoms with Crippen LogP contribution in [-0.4, -0.2) is 72.5 Å². The third kappa shape index (κ3) is 5.71. The van der Waals surface area contributed by atoms with Crippen LogP contribution in [0.15, 0.2) is 48.8 Å². The molecule has 7 rings (SSSR count). The van der Waals surface area contributed by atoms with E-state index in [-0.39, 0.29) is 0 Å². The molecule has 12 heteroatoms. The first-order valence-electron chi connectivity index (χ1n) is 14.3. The molecule has 0 amide bonds. The van der Waals surface area contributed by atoms with Gasteiger partial charge in [-0.05, 0) is 50.2 Å². The number of nitrogens with zero attached hydrogens (tertiary/aromatic N) is 6. The molecule has 216 valence electrons. The van der Waals surface area contributed by atoms with Gasteiger partial charge in [0.1, 0.15) is 11.6 Å². The summed E-state index contributed by atoms with van der Waals surface area (Å²) in [4.78, 5) is 23.6. The standard InChI is InChI=1S/C30H34N10O2/c1-19-17-31-29-35-24-12-22(14-26(16-24)40-5-9-42-10-6-40)34-28-20(2)18-32-30(38-28)36-23-11-21(33-27(19)37-29)13-25(15-23)39-3-7-41-8-4-39/h11-18H,3-10H2,1-2H3,(H2,31,33,35,37)(H2,32,34,36,38). The Hall–Kier alpha value is -4.68. The lowest BCUT2D eigenvalue weighted by Crippen LogP contribution is -2.36. The van der Waals surface area contributed by atoms with E-state index in [1.807, 2.05) is 38.4 Å². The number of ether oxygens (including phenoxy) is 2. The summed E-state index contributed by atoms with van der Waals surface area (Å²) in [5.41, 5.74) is 7.54. The summed E-state index contributed by atoms with van der Waals surface area (Å²) in [6, 6.07) is 12.6. The molecule has 4 N–H and O–H groups in total. The van der Waals surface area contributed by atoms with Gasteiger partial charge in [0.2, 0.25) is 11.9 Å². The first-order valence-corrected chi connectivity index (χ1v) is 14.3. The maximum absolute atomic E-state index is 5.59. The molecule has 2 fully saturated rings. The molecular formula is C30H34N10O2. The van der Waals surface area contributed by atoms with Gasteiger partial charge in [-0.3, -0.25) is 0 Å². The molecule has 4 aromatic rings. The molecule has 5 heterocycles. The smallest absolute Gasteiger partial charge is 0.229 e. The van der Waals surface area contributed by atoms with Gasteiger partial charge in [0.05, 0.1) is 26.4 Å². The second-order valence-electron chi connectivity index (χ2n) is 10.7. The van der Waals surface area contributed by atoms with E-state index in [4.69, 9.17) is 19.4 Å². The van der Waals surface area contributed by atoms with E-state index in [1.54, 1.807) is 0 Å². The van der Waals surface area contributed by atoms with Crippen molar-refractivity contribution >= 4 is 57.7 Å². The zero-order chi connectivity index (χ0) is 28.5. The monoisotopic (exact) mass is 566 g/mol. The van der Waals surface area contributed by atoms with Crippen LogP contribution in [0.3, 0.4) is 0 Å². The van der Waals surface area contributed by atoms with Gasteiger partial charge in [-0.1, -0.05) is 0 Å². The number of hydrogen-bond donors (Lipinski definition) is 4. The SMILES string of the molecule is Cc1cnc2nc1Nc1cc(cc(N3CCOCC3)c1)Nc1ncc(C)c(n1)Nc1cc(cc(N3CCOCC3)c1)N2. The van der Waals surface area contributed by atoms with Crippen molar-refractivity contribution in [2.24, 2.45) is 0 Å². The van der Waals surface area contributed by atoms with Crippen molar-refractivity contribution in [1.29, 1.82) is 0 Å².